The number of hydrogen-bond acceptors (Lipinski definition) is 4. The van der Waals surface area contributed by atoms with Gasteiger partial charge in [-0.1, -0.05) is 20.8 Å². The molecule has 1 aromatic heterocycles. The molecule has 0 saturated heterocycles. The maximum absolute atomic E-state index is 4.30. The average Bonchev–Trinajstić information content (AvgIpc) is 2.46. The number of nitrogens with one attached hydrogen (secondary N) is 2. The third kappa shape index (κ3) is 6.43. The van der Waals surface area contributed by atoms with Crippen molar-refractivity contribution in [2.75, 3.05) is 43.4 Å². The van der Waals surface area contributed by atoms with E-state index in [-0.39, 0.29) is 0 Å². The molecule has 0 radical (unpaired) electrons. The highest BCUT2D eigenvalue weighted by atomic mass is 15.1. The van der Waals surface area contributed by atoms with E-state index in [9.17, 15) is 0 Å². The van der Waals surface area contributed by atoms with Gasteiger partial charge in [0.25, 0.3) is 0 Å². The van der Waals surface area contributed by atoms with Gasteiger partial charge in [0, 0.05) is 31.0 Å². The Bertz CT molecular complexity index is 337. The summed E-state index contributed by atoms with van der Waals surface area (Å²) in [5, 5.41) is 6.76. The second-order valence-corrected chi connectivity index (χ2v) is 4.66. The Balaban J connectivity index is 2.28. The largest absolute Gasteiger partial charge is 0.385 e. The quantitative estimate of drug-likeness (QED) is 0.637. The van der Waals surface area contributed by atoms with Gasteiger partial charge in [-0.3, -0.25) is 0 Å². The summed E-state index contributed by atoms with van der Waals surface area (Å²) in [5.41, 5.74) is 1.15. The fourth-order valence-electron chi connectivity index (χ4n) is 1.97. The van der Waals surface area contributed by atoms with Gasteiger partial charge in [0.1, 0.15) is 5.82 Å². The Morgan fingerprint density at radius 2 is 1.89 bits per heavy atom. The van der Waals surface area contributed by atoms with Crippen molar-refractivity contribution in [1.82, 2.24) is 9.88 Å². The zero-order chi connectivity index (χ0) is 13.9. The molecule has 0 spiro atoms. The molecule has 1 heterocycles. The Labute approximate surface area is 117 Å². The minimum Gasteiger partial charge on any atom is -0.385 e. The molecule has 0 aliphatic rings. The molecular formula is C15H28N4. The second kappa shape index (κ2) is 9.62. The van der Waals surface area contributed by atoms with Crippen molar-refractivity contribution in [1.29, 1.82) is 0 Å². The van der Waals surface area contributed by atoms with Gasteiger partial charge in [-0.15, -0.1) is 0 Å². The van der Waals surface area contributed by atoms with Crippen LogP contribution in [0.5, 0.6) is 0 Å². The summed E-state index contributed by atoms with van der Waals surface area (Å²) < 4.78 is 0. The van der Waals surface area contributed by atoms with E-state index in [0.717, 1.165) is 50.6 Å². The lowest BCUT2D eigenvalue weighted by Crippen LogP contribution is -2.25. The third-order valence-electron chi connectivity index (χ3n) is 3.19. The van der Waals surface area contributed by atoms with Crippen molar-refractivity contribution in [2.45, 2.75) is 33.6 Å². The Morgan fingerprint density at radius 3 is 2.58 bits per heavy atom. The molecule has 0 unspecified atom stereocenters. The first-order chi connectivity index (χ1) is 9.30. The Kier molecular flexibility index (Phi) is 7.98. The van der Waals surface area contributed by atoms with Gasteiger partial charge in [0.05, 0.1) is 0 Å². The normalized spacial score (nSPS) is 10.7. The Hall–Kier alpha value is -1.29. The van der Waals surface area contributed by atoms with Crippen LogP contribution in [0.4, 0.5) is 11.5 Å². The number of anilines is 2. The van der Waals surface area contributed by atoms with Gasteiger partial charge in [-0.2, -0.15) is 0 Å². The van der Waals surface area contributed by atoms with Crippen LogP contribution in [-0.2, 0) is 0 Å². The van der Waals surface area contributed by atoms with E-state index >= 15 is 0 Å². The number of nitrogens with zero attached hydrogens (tertiary/aromatic N) is 2. The predicted octanol–water partition coefficient (Wildman–Crippen LogP) is 3.05. The molecule has 0 aromatic carbocycles. The molecular weight excluding hydrogens is 236 g/mol. The number of rotatable bonds is 10. The number of pyridine rings is 1. The fourth-order valence-corrected chi connectivity index (χ4v) is 1.97. The van der Waals surface area contributed by atoms with Crippen molar-refractivity contribution in [3.8, 4) is 0 Å². The first-order valence-corrected chi connectivity index (χ1v) is 7.46. The number of aromatic nitrogens is 1. The van der Waals surface area contributed by atoms with Gasteiger partial charge in [-0.05, 0) is 38.5 Å². The summed E-state index contributed by atoms with van der Waals surface area (Å²) in [6, 6.07) is 4.10. The standard InChI is InChI=1S/C15H28N4/c1-4-9-17-15-13-14(8-11-18-15)16-10-7-12-19(5-2)6-3/h8,11,13H,4-7,9-10,12H2,1-3H3,(H2,16,17,18). The van der Waals surface area contributed by atoms with E-state index in [2.05, 4.69) is 47.4 Å². The summed E-state index contributed by atoms with van der Waals surface area (Å²) in [6.45, 7) is 12.0. The third-order valence-corrected chi connectivity index (χ3v) is 3.19. The lowest BCUT2D eigenvalue weighted by atomic mass is 10.3. The summed E-state index contributed by atoms with van der Waals surface area (Å²) in [5.74, 6) is 0.954. The molecule has 0 bridgehead atoms. The smallest absolute Gasteiger partial charge is 0.127 e. The first kappa shape index (κ1) is 15.8. The van der Waals surface area contributed by atoms with Crippen LogP contribution in [0.3, 0.4) is 0 Å². The Morgan fingerprint density at radius 1 is 1.11 bits per heavy atom. The van der Waals surface area contributed by atoms with E-state index in [1.165, 1.54) is 6.42 Å². The van der Waals surface area contributed by atoms with E-state index in [0.29, 0.717) is 0 Å². The fraction of sp³-hybridized carbons (Fsp3) is 0.667. The summed E-state index contributed by atoms with van der Waals surface area (Å²) in [6.07, 6.45) is 4.13. The highest BCUT2D eigenvalue weighted by Crippen LogP contribution is 2.11. The van der Waals surface area contributed by atoms with Crippen LogP contribution < -0.4 is 10.6 Å². The molecule has 4 heteroatoms. The second-order valence-electron chi connectivity index (χ2n) is 4.66. The summed E-state index contributed by atoms with van der Waals surface area (Å²) >= 11 is 0. The highest BCUT2D eigenvalue weighted by Gasteiger charge is 1.99. The summed E-state index contributed by atoms with van der Waals surface area (Å²) in [7, 11) is 0. The van der Waals surface area contributed by atoms with Crippen LogP contribution in [0.15, 0.2) is 18.3 Å². The van der Waals surface area contributed by atoms with Crippen LogP contribution in [0.25, 0.3) is 0 Å². The van der Waals surface area contributed by atoms with Crippen molar-refractivity contribution in [3.63, 3.8) is 0 Å². The molecule has 0 atom stereocenters. The van der Waals surface area contributed by atoms with Crippen LogP contribution >= 0.6 is 0 Å². The van der Waals surface area contributed by atoms with Gasteiger partial charge in [-0.25, -0.2) is 4.98 Å². The van der Waals surface area contributed by atoms with Gasteiger partial charge < -0.3 is 15.5 Å². The molecule has 19 heavy (non-hydrogen) atoms. The average molecular weight is 264 g/mol. The van der Waals surface area contributed by atoms with Crippen LogP contribution in [0, 0.1) is 0 Å². The molecule has 108 valence electrons. The highest BCUT2D eigenvalue weighted by molar-refractivity contribution is 5.51. The van der Waals surface area contributed by atoms with Gasteiger partial charge in [0.2, 0.25) is 0 Å². The topological polar surface area (TPSA) is 40.2 Å². The molecule has 2 N–H and O–H groups in total. The molecule has 1 rings (SSSR count). The van der Waals surface area contributed by atoms with Crippen LogP contribution in [0.1, 0.15) is 33.6 Å². The molecule has 0 fully saturated rings. The minimum atomic E-state index is 0.954. The van der Waals surface area contributed by atoms with Gasteiger partial charge >= 0.3 is 0 Å². The molecule has 0 aliphatic heterocycles. The van der Waals surface area contributed by atoms with E-state index in [1.807, 2.05) is 12.3 Å². The van der Waals surface area contributed by atoms with Crippen molar-refractivity contribution in [2.24, 2.45) is 0 Å². The molecule has 0 aliphatic carbocycles. The monoisotopic (exact) mass is 264 g/mol. The minimum absolute atomic E-state index is 0.954. The van der Waals surface area contributed by atoms with Crippen LogP contribution in [-0.4, -0.2) is 42.6 Å². The van der Waals surface area contributed by atoms with E-state index < -0.39 is 0 Å². The lowest BCUT2D eigenvalue weighted by Gasteiger charge is -2.18. The predicted molar refractivity (Wildman–Crippen MR) is 83.9 cm³/mol. The first-order valence-electron chi connectivity index (χ1n) is 7.46. The SMILES string of the molecule is CCCNc1cc(NCCCN(CC)CC)ccn1. The van der Waals surface area contributed by atoms with Crippen molar-refractivity contribution >= 4 is 11.5 Å². The van der Waals surface area contributed by atoms with Crippen molar-refractivity contribution in [3.05, 3.63) is 18.3 Å². The van der Waals surface area contributed by atoms with E-state index in [4.69, 9.17) is 0 Å². The molecule has 0 amide bonds. The molecule has 0 saturated carbocycles. The molecule has 4 nitrogen and oxygen atoms in total. The van der Waals surface area contributed by atoms with Crippen molar-refractivity contribution < 1.29 is 0 Å². The van der Waals surface area contributed by atoms with Crippen LogP contribution in [0.2, 0.25) is 0 Å². The maximum Gasteiger partial charge on any atom is 0.127 e. The zero-order valence-electron chi connectivity index (χ0n) is 12.6. The van der Waals surface area contributed by atoms with Gasteiger partial charge in [0.15, 0.2) is 0 Å². The van der Waals surface area contributed by atoms with E-state index in [1.54, 1.807) is 0 Å². The number of hydrogen-bond donors (Lipinski definition) is 2. The summed E-state index contributed by atoms with van der Waals surface area (Å²) in [4.78, 5) is 6.75. The zero-order valence-corrected chi connectivity index (χ0v) is 12.6. The maximum atomic E-state index is 4.30. The molecule has 1 aromatic rings. The lowest BCUT2D eigenvalue weighted by molar-refractivity contribution is 0.303.